The van der Waals surface area contributed by atoms with Crippen LogP contribution < -0.4 is 10.3 Å². The highest BCUT2D eigenvalue weighted by atomic mass is 16.2. The summed E-state index contributed by atoms with van der Waals surface area (Å²) >= 11 is 0. The Kier molecular flexibility index (Phi) is 7.69. The van der Waals surface area contributed by atoms with Crippen LogP contribution in [0.1, 0.15) is 101 Å². The number of hydrogen-bond acceptors (Lipinski definition) is 1. The average molecular weight is 444 g/mol. The average Bonchev–Trinajstić information content (AvgIpc) is 3.19. The molecule has 0 atom stereocenters. The number of aliphatic hydroxyl groups excluding tert-OH is 1. The lowest BCUT2D eigenvalue weighted by Gasteiger charge is -2.20. The highest BCUT2D eigenvalue weighted by molar-refractivity contribution is 6.54. The fourth-order valence-electron chi connectivity index (χ4n) is 4.88. The summed E-state index contributed by atoms with van der Waals surface area (Å²) in [5.41, 5.74) is 8.94. The third kappa shape index (κ3) is 4.86. The number of benzene rings is 2. The molecule has 33 heavy (non-hydrogen) atoms. The molecule has 0 fully saturated rings. The van der Waals surface area contributed by atoms with E-state index in [1.54, 1.807) is 0 Å². The monoisotopic (exact) mass is 444 g/mol. The molecule has 3 aromatic rings. The maximum absolute atomic E-state index is 9.36. The zero-order valence-electron chi connectivity index (χ0n) is 21.7. The van der Waals surface area contributed by atoms with Gasteiger partial charge in [-0.2, -0.15) is 0 Å². The van der Waals surface area contributed by atoms with Crippen molar-refractivity contribution in [1.29, 1.82) is 0 Å². The van der Waals surface area contributed by atoms with Gasteiger partial charge in [-0.25, -0.2) is 9.13 Å². The summed E-state index contributed by atoms with van der Waals surface area (Å²) in [6.45, 7) is 18.0. The molecule has 0 bridgehead atoms. The molecule has 0 unspecified atom stereocenters. The van der Waals surface area contributed by atoms with E-state index < -0.39 is 7.41 Å². The standard InChI is InChI=1S/C28H38BN3O/c1-18(2)22-11-9-12-23(19(3)4)26(22)31-15-16-32(28(31)29-30-17-33)27-24(20(5)6)13-10-14-25(27)21(7)8/h9-16,18-21H,29H2,1-8H3/p+1. The van der Waals surface area contributed by atoms with Crippen molar-refractivity contribution in [3.8, 4) is 17.6 Å². The van der Waals surface area contributed by atoms with Crippen molar-refractivity contribution in [2.24, 2.45) is 0 Å². The Balaban J connectivity index is 2.42. The normalized spacial score (nSPS) is 11.5. The molecule has 0 spiro atoms. The van der Waals surface area contributed by atoms with Crippen LogP contribution in [0.4, 0.5) is 0 Å². The quantitative estimate of drug-likeness (QED) is 0.286. The lowest BCUT2D eigenvalue weighted by atomic mass is 9.88. The molecule has 0 aliphatic heterocycles. The number of aromatic nitrogens is 2. The summed E-state index contributed by atoms with van der Waals surface area (Å²) in [4.78, 5) is 0. The van der Waals surface area contributed by atoms with Gasteiger partial charge in [0, 0.05) is 22.3 Å². The molecule has 0 aliphatic rings. The number of aliphatic hydroxyl groups is 1. The van der Waals surface area contributed by atoms with Crippen LogP contribution >= 0.6 is 0 Å². The van der Waals surface area contributed by atoms with Gasteiger partial charge in [0.1, 0.15) is 23.8 Å². The Labute approximate surface area is 200 Å². The third-order valence-electron chi connectivity index (χ3n) is 6.64. The Morgan fingerprint density at radius 2 is 1.24 bits per heavy atom. The number of hydrogen-bond donors (Lipinski definition) is 1. The number of nitrogens with zero attached hydrogens (tertiary/aromatic N) is 3. The molecule has 1 heterocycles. The molecule has 2 aromatic carbocycles. The minimum absolute atomic E-state index is 0.393. The first-order valence-corrected chi connectivity index (χ1v) is 12.4. The molecular formula is C28H39BN3O+. The third-order valence-corrected chi connectivity index (χ3v) is 6.64. The zero-order valence-corrected chi connectivity index (χ0v) is 21.7. The van der Waals surface area contributed by atoms with Crippen LogP contribution in [0.5, 0.6) is 0 Å². The van der Waals surface area contributed by atoms with Crippen LogP contribution in [-0.2, 0) is 0 Å². The predicted molar refractivity (Wildman–Crippen MR) is 141 cm³/mol. The van der Waals surface area contributed by atoms with Gasteiger partial charge in [0.15, 0.2) is 5.72 Å². The van der Waals surface area contributed by atoms with E-state index in [2.05, 4.69) is 124 Å². The van der Waals surface area contributed by atoms with E-state index >= 15 is 0 Å². The first-order chi connectivity index (χ1) is 15.7. The Bertz CT molecular complexity index is 1050. The molecule has 0 radical (unpaired) electrons. The van der Waals surface area contributed by atoms with Crippen molar-refractivity contribution in [3.05, 3.63) is 75.8 Å². The van der Waals surface area contributed by atoms with Crippen molar-refractivity contribution in [1.82, 2.24) is 4.57 Å². The second-order valence-electron chi connectivity index (χ2n) is 10.3. The molecule has 174 valence electrons. The second kappa shape index (κ2) is 10.3. The molecule has 0 saturated heterocycles. The minimum Gasteiger partial charge on any atom is -0.412 e. The van der Waals surface area contributed by atoms with Gasteiger partial charge in [0.2, 0.25) is 0 Å². The van der Waals surface area contributed by atoms with E-state index in [0.717, 1.165) is 5.72 Å². The first kappa shape index (κ1) is 24.6. The van der Waals surface area contributed by atoms with Crippen molar-refractivity contribution >= 4 is 13.1 Å². The molecule has 0 amide bonds. The van der Waals surface area contributed by atoms with E-state index in [9.17, 15) is 5.11 Å². The van der Waals surface area contributed by atoms with E-state index in [4.69, 9.17) is 0 Å². The summed E-state index contributed by atoms with van der Waals surface area (Å²) in [6.07, 6.45) is 6.43. The second-order valence-corrected chi connectivity index (χ2v) is 10.3. The molecule has 1 aromatic heterocycles. The van der Waals surface area contributed by atoms with E-state index in [1.165, 1.54) is 33.6 Å². The van der Waals surface area contributed by atoms with E-state index in [1.807, 2.05) is 0 Å². The largest absolute Gasteiger partial charge is 0.487 e. The maximum Gasteiger partial charge on any atom is 0.487 e. The highest BCUT2D eigenvalue weighted by Gasteiger charge is 2.29. The van der Waals surface area contributed by atoms with Gasteiger partial charge >= 0.3 is 13.7 Å². The molecule has 5 heteroatoms. The van der Waals surface area contributed by atoms with Gasteiger partial charge in [-0.15, -0.1) is 0 Å². The van der Waals surface area contributed by atoms with Crippen molar-refractivity contribution in [2.45, 2.75) is 79.1 Å². The number of para-hydroxylation sites is 2. The molecule has 1 N–H and O–H groups in total. The van der Waals surface area contributed by atoms with Crippen molar-refractivity contribution in [2.75, 3.05) is 0 Å². The van der Waals surface area contributed by atoms with Crippen LogP contribution in [0.25, 0.3) is 16.1 Å². The predicted octanol–water partition coefficient (Wildman–Crippen LogP) is 5.62. The summed E-state index contributed by atoms with van der Waals surface area (Å²) in [7, 11) is -1.04. The van der Waals surface area contributed by atoms with Crippen LogP contribution in [0.2, 0.25) is 0 Å². The van der Waals surface area contributed by atoms with Gasteiger partial charge in [0.05, 0.1) is 0 Å². The Morgan fingerprint density at radius 1 is 0.788 bits per heavy atom. The Morgan fingerprint density at radius 3 is 1.67 bits per heavy atom. The lowest BCUT2D eigenvalue weighted by Crippen LogP contribution is -2.52. The molecular weight excluding hydrogens is 405 g/mol. The van der Waals surface area contributed by atoms with Gasteiger partial charge in [0.25, 0.3) is 0 Å². The maximum atomic E-state index is 9.36. The smallest absolute Gasteiger partial charge is 0.412 e. The van der Waals surface area contributed by atoms with Crippen LogP contribution in [0, 0.1) is 6.26 Å². The molecule has 0 aliphatic carbocycles. The topological polar surface area (TPSA) is 33.4 Å². The fraction of sp³-hybridized carbons (Fsp3) is 0.429. The van der Waals surface area contributed by atoms with Gasteiger partial charge in [-0.1, -0.05) is 91.8 Å². The fourth-order valence-corrected chi connectivity index (χ4v) is 4.88. The minimum atomic E-state index is -1.04. The number of rotatable bonds is 7. The number of imidazole rings is 1. The summed E-state index contributed by atoms with van der Waals surface area (Å²) < 4.78 is 8.93. The SMILES string of the molecule is CC(C)c1cccc(C(C)C)c1-n1cc[n+](-c2c(C(C)C)cccc2C(C)C)c1[BH2-][N+]#CO. The van der Waals surface area contributed by atoms with Gasteiger partial charge in [-0.3, -0.25) is 0 Å². The van der Waals surface area contributed by atoms with Crippen LogP contribution in [0.15, 0.2) is 48.8 Å². The molecule has 4 nitrogen and oxygen atoms in total. The van der Waals surface area contributed by atoms with Crippen LogP contribution in [-0.4, -0.2) is 17.1 Å². The highest BCUT2D eigenvalue weighted by Crippen LogP contribution is 2.31. The zero-order chi connectivity index (χ0) is 24.3. The lowest BCUT2D eigenvalue weighted by molar-refractivity contribution is -0.576. The van der Waals surface area contributed by atoms with Crippen molar-refractivity contribution < 1.29 is 9.67 Å². The van der Waals surface area contributed by atoms with Crippen molar-refractivity contribution in [3.63, 3.8) is 0 Å². The molecule has 3 rings (SSSR count). The van der Waals surface area contributed by atoms with E-state index in [0.29, 0.717) is 23.7 Å². The molecule has 0 saturated carbocycles. The summed E-state index contributed by atoms with van der Waals surface area (Å²) in [6, 6.07) is 13.3. The van der Waals surface area contributed by atoms with Gasteiger partial charge < -0.3 is 9.86 Å². The van der Waals surface area contributed by atoms with Gasteiger partial charge in [-0.05, 0) is 23.7 Å². The van der Waals surface area contributed by atoms with E-state index in [-0.39, 0.29) is 0 Å². The first-order valence-electron chi connectivity index (χ1n) is 12.4. The Hall–Kier alpha value is -3.00. The summed E-state index contributed by atoms with van der Waals surface area (Å²) in [5.74, 6) is 1.57. The summed E-state index contributed by atoms with van der Waals surface area (Å²) in [5, 5.41) is 9.36. The van der Waals surface area contributed by atoms with Crippen LogP contribution in [0.3, 0.4) is 0 Å².